The highest BCUT2D eigenvalue weighted by molar-refractivity contribution is 5.96. The van der Waals surface area contributed by atoms with Crippen LogP contribution in [0.25, 0.3) is 10.9 Å². The number of fused-ring (bicyclic) bond motifs is 6. The summed E-state index contributed by atoms with van der Waals surface area (Å²) in [5.74, 6) is 0.799. The van der Waals surface area contributed by atoms with Gasteiger partial charge >= 0.3 is 5.97 Å². The molecule has 1 saturated carbocycles. The maximum Gasteiger partial charge on any atom is 0.322 e. The van der Waals surface area contributed by atoms with E-state index in [1.807, 2.05) is 67.4 Å². The van der Waals surface area contributed by atoms with Crippen molar-refractivity contribution < 1.29 is 38.1 Å². The summed E-state index contributed by atoms with van der Waals surface area (Å²) in [6.07, 6.45) is 3.95. The third kappa shape index (κ3) is 4.91. The molecule has 14 heteroatoms. The molecule has 1 spiro atoms. The number of alkyl halides is 2. The molecule has 6 heterocycles. The molecular formula is C43H54F2N6O6. The minimum Gasteiger partial charge on any atom is -0.496 e. The van der Waals surface area contributed by atoms with Crippen LogP contribution in [0.1, 0.15) is 61.9 Å². The Morgan fingerprint density at radius 2 is 1.91 bits per heavy atom. The van der Waals surface area contributed by atoms with Gasteiger partial charge in [-0.05, 0) is 68.3 Å². The van der Waals surface area contributed by atoms with Crippen LogP contribution in [0.15, 0.2) is 48.6 Å². The van der Waals surface area contributed by atoms with Gasteiger partial charge in [-0.3, -0.25) is 30.7 Å². The zero-order valence-corrected chi connectivity index (χ0v) is 33.3. The lowest BCUT2D eigenvalue weighted by molar-refractivity contribution is -0.201. The average Bonchev–Trinajstić information content (AvgIpc) is 3.84. The van der Waals surface area contributed by atoms with Gasteiger partial charge in [-0.25, -0.2) is 8.78 Å². The number of benzene rings is 2. The molecule has 57 heavy (non-hydrogen) atoms. The van der Waals surface area contributed by atoms with Gasteiger partial charge in [-0.1, -0.05) is 37.3 Å². The van der Waals surface area contributed by atoms with E-state index in [1.165, 1.54) is 7.11 Å². The summed E-state index contributed by atoms with van der Waals surface area (Å²) >= 11 is 0. The molecular weight excluding hydrogens is 735 g/mol. The Morgan fingerprint density at radius 1 is 1.14 bits per heavy atom. The molecule has 2 bridgehead atoms. The van der Waals surface area contributed by atoms with Crippen LogP contribution in [0.4, 0.5) is 14.5 Å². The summed E-state index contributed by atoms with van der Waals surface area (Å²) in [5.41, 5.74) is 1.09. The predicted octanol–water partition coefficient (Wildman–Crippen LogP) is 3.37. The summed E-state index contributed by atoms with van der Waals surface area (Å²) in [6.45, 7) is 5.01. The molecule has 2 saturated heterocycles. The molecule has 3 fully saturated rings. The van der Waals surface area contributed by atoms with Gasteiger partial charge in [-0.2, -0.15) is 0 Å². The SMILES string of the molecule is CCC12C=CCN3CCC4(c5cc(C6(C(=O)OC)CC7CC(C(C)(F)F)CN(Cc8c6[nH]c6ccccc86)C7)c(OC)cc5N(C)C4C(O)(C(=O)CNN)C1O)C32. The largest absolute Gasteiger partial charge is 0.496 e. The molecule has 1 aliphatic carbocycles. The number of anilines is 1. The molecule has 10 unspecified atom stereocenters. The first kappa shape index (κ1) is 38.6. The number of H-pyrrole nitrogens is 1. The van der Waals surface area contributed by atoms with Crippen molar-refractivity contribution in [3.63, 3.8) is 0 Å². The molecule has 1 aromatic heterocycles. The molecule has 5 aliphatic heterocycles. The fourth-order valence-electron chi connectivity index (χ4n) is 13.1. The van der Waals surface area contributed by atoms with Gasteiger partial charge in [0.15, 0.2) is 11.4 Å². The van der Waals surface area contributed by atoms with E-state index in [2.05, 4.69) is 20.2 Å². The van der Waals surface area contributed by atoms with E-state index in [0.29, 0.717) is 61.7 Å². The van der Waals surface area contributed by atoms with Crippen LogP contribution in [0.5, 0.6) is 5.75 Å². The van der Waals surface area contributed by atoms with Crippen LogP contribution >= 0.6 is 0 Å². The third-order valence-electron chi connectivity index (χ3n) is 15.2. The summed E-state index contributed by atoms with van der Waals surface area (Å²) in [4.78, 5) is 39.4. The minimum absolute atomic E-state index is 0.171. The third-order valence-corrected chi connectivity index (χ3v) is 15.2. The van der Waals surface area contributed by atoms with Crippen molar-refractivity contribution >= 4 is 28.3 Å². The number of aliphatic hydroxyl groups excluding tert-OH is 1. The number of para-hydroxylation sites is 1. The zero-order valence-electron chi connectivity index (χ0n) is 33.3. The number of hydrogen-bond acceptors (Lipinski definition) is 11. The maximum absolute atomic E-state index is 15.3. The molecule has 306 valence electrons. The number of ketones is 1. The first-order valence-electron chi connectivity index (χ1n) is 20.2. The van der Waals surface area contributed by atoms with Gasteiger partial charge in [0.1, 0.15) is 17.3 Å². The van der Waals surface area contributed by atoms with E-state index in [-0.39, 0.29) is 37.9 Å². The number of aromatic amines is 1. The van der Waals surface area contributed by atoms with Crippen molar-refractivity contribution in [1.29, 1.82) is 0 Å². The van der Waals surface area contributed by atoms with Crippen LogP contribution in [-0.2, 0) is 31.7 Å². The predicted molar refractivity (Wildman–Crippen MR) is 210 cm³/mol. The van der Waals surface area contributed by atoms with E-state index in [1.54, 1.807) is 7.11 Å². The quantitative estimate of drug-likeness (QED) is 0.0988. The van der Waals surface area contributed by atoms with E-state index < -0.39 is 57.6 Å². The Labute approximate surface area is 331 Å². The topological polar surface area (TPSA) is 157 Å². The molecule has 10 atom stereocenters. The molecule has 12 nitrogen and oxygen atoms in total. The highest BCUT2D eigenvalue weighted by Gasteiger charge is 2.78. The lowest BCUT2D eigenvalue weighted by Crippen LogP contribution is -2.81. The summed E-state index contributed by atoms with van der Waals surface area (Å²) in [7, 11) is 4.74. The first-order chi connectivity index (χ1) is 27.2. The summed E-state index contributed by atoms with van der Waals surface area (Å²) in [5, 5.41) is 26.4. The van der Waals surface area contributed by atoms with E-state index in [4.69, 9.17) is 15.3 Å². The molecule has 2 aromatic carbocycles. The number of halogens is 2. The number of rotatable bonds is 8. The normalized spacial score (nSPS) is 36.8. The minimum atomic E-state index is -2.93. The number of esters is 1. The van der Waals surface area contributed by atoms with Crippen molar-refractivity contribution in [2.75, 3.05) is 58.9 Å². The second-order valence-electron chi connectivity index (χ2n) is 17.7. The van der Waals surface area contributed by atoms with Crippen molar-refractivity contribution in [3.05, 3.63) is 70.9 Å². The number of methoxy groups -OCH3 is 2. The van der Waals surface area contributed by atoms with Gasteiger partial charge in [0.2, 0.25) is 5.92 Å². The number of piperidine rings is 1. The van der Waals surface area contributed by atoms with Crippen molar-refractivity contribution in [2.24, 2.45) is 23.1 Å². The fraction of sp³-hybridized carbons (Fsp3) is 0.581. The summed E-state index contributed by atoms with van der Waals surface area (Å²) < 4.78 is 42.7. The van der Waals surface area contributed by atoms with Gasteiger partial charge < -0.3 is 29.6 Å². The Kier molecular flexibility index (Phi) is 8.83. The zero-order chi connectivity index (χ0) is 40.4. The average molecular weight is 789 g/mol. The van der Waals surface area contributed by atoms with Crippen molar-refractivity contribution in [1.82, 2.24) is 20.2 Å². The van der Waals surface area contributed by atoms with E-state index >= 15 is 13.6 Å². The first-order valence-corrected chi connectivity index (χ1v) is 20.2. The number of Topliss-reactive ketones (excluding diaryl/α,β-unsaturated/α-hetero) is 1. The van der Waals surface area contributed by atoms with Crippen LogP contribution < -0.4 is 20.9 Å². The molecule has 9 rings (SSSR count). The van der Waals surface area contributed by atoms with Crippen molar-refractivity contribution in [3.8, 4) is 5.75 Å². The number of nitrogens with zero attached hydrogens (tertiary/aromatic N) is 3. The molecule has 0 radical (unpaired) electrons. The number of nitrogens with two attached hydrogens (primary N) is 1. The number of carbonyl (C=O) groups excluding carboxylic acids is 2. The van der Waals surface area contributed by atoms with Gasteiger partial charge in [0, 0.05) is 89.9 Å². The Balaban J connectivity index is 1.35. The molecule has 6 N–H and O–H groups in total. The lowest BCUT2D eigenvalue weighted by Gasteiger charge is -2.63. The number of carbonyl (C=O) groups is 2. The van der Waals surface area contributed by atoms with Gasteiger partial charge in [0.05, 0.1) is 26.8 Å². The highest BCUT2D eigenvalue weighted by Crippen LogP contribution is 2.67. The molecule has 6 aliphatic rings. The Bertz CT molecular complexity index is 2170. The standard InChI is InChI=1S/C43H54F2N6O6/c1-6-40-12-9-14-51-15-13-41(35(40)51)28-17-29(32(56-4)18-31(28)49(3)36(41)43(55,37(40)53)33(52)20-47-46)42(38(54)57-5)19-24-16-25(39(2,44)45)22-50(21-24)23-27-26-10-7-8-11-30(26)48-34(27)42/h7-12,17-18,24-25,35-37,47-48,53,55H,6,13-16,19-23,46H2,1-5H3. The molecule has 0 amide bonds. The second-order valence-corrected chi connectivity index (χ2v) is 17.7. The highest BCUT2D eigenvalue weighted by atomic mass is 19.3. The maximum atomic E-state index is 15.3. The molecule has 3 aromatic rings. The number of likely N-dealkylation sites (N-methyl/N-ethyl adjacent to an activating group) is 1. The Hall–Kier alpha value is -3.92. The van der Waals surface area contributed by atoms with Crippen LogP contribution in [-0.4, -0.2) is 120 Å². The number of aromatic nitrogens is 1. The van der Waals surface area contributed by atoms with E-state index in [0.717, 1.165) is 29.0 Å². The van der Waals surface area contributed by atoms with Gasteiger partial charge in [0.25, 0.3) is 0 Å². The number of ether oxygens (including phenoxy) is 2. The number of hydrazine groups is 1. The smallest absolute Gasteiger partial charge is 0.322 e. The van der Waals surface area contributed by atoms with Crippen LogP contribution in [0.2, 0.25) is 0 Å². The lowest BCUT2D eigenvalue weighted by atomic mass is 9.47. The number of nitrogens with one attached hydrogen (secondary N) is 2. The van der Waals surface area contributed by atoms with Crippen LogP contribution in [0, 0.1) is 17.3 Å². The van der Waals surface area contributed by atoms with Gasteiger partial charge in [-0.15, -0.1) is 0 Å². The number of hydrogen-bond donors (Lipinski definition) is 5. The van der Waals surface area contributed by atoms with Crippen molar-refractivity contribution in [2.45, 2.75) is 86.6 Å². The fourth-order valence-corrected chi connectivity index (χ4v) is 13.1. The monoisotopic (exact) mass is 788 g/mol. The Morgan fingerprint density at radius 3 is 2.61 bits per heavy atom. The number of aliphatic hydroxyl groups is 2. The summed E-state index contributed by atoms with van der Waals surface area (Å²) in [6, 6.07) is 10.5. The second kappa shape index (κ2) is 13.0. The van der Waals surface area contributed by atoms with Crippen LogP contribution in [0.3, 0.4) is 0 Å². The van der Waals surface area contributed by atoms with E-state index in [9.17, 15) is 15.0 Å².